The molecule has 2 heterocycles. The van der Waals surface area contributed by atoms with Gasteiger partial charge in [0.2, 0.25) is 0 Å². The normalized spacial score (nSPS) is 14.6. The van der Waals surface area contributed by atoms with Gasteiger partial charge in [-0.25, -0.2) is 4.79 Å². The van der Waals surface area contributed by atoms with Crippen LogP contribution >= 0.6 is 0 Å². The first-order valence-electron chi connectivity index (χ1n) is 12.5. The lowest BCUT2D eigenvalue weighted by Gasteiger charge is -2.33. The Balaban J connectivity index is 1.18. The van der Waals surface area contributed by atoms with Gasteiger partial charge in [-0.15, -0.1) is 0 Å². The molecule has 1 saturated heterocycles. The number of hydrogen-bond donors (Lipinski definition) is 0. The molecule has 36 heavy (non-hydrogen) atoms. The third kappa shape index (κ3) is 5.70. The van der Waals surface area contributed by atoms with Crippen LogP contribution in [0, 0.1) is 0 Å². The molecule has 4 aromatic rings. The molecule has 0 amide bonds. The van der Waals surface area contributed by atoms with Crippen molar-refractivity contribution in [2.75, 3.05) is 45.9 Å². The van der Waals surface area contributed by atoms with Crippen molar-refractivity contribution >= 4 is 0 Å². The lowest BCUT2D eigenvalue weighted by Crippen LogP contribution is -2.47. The Bertz CT molecular complexity index is 1290. The summed E-state index contributed by atoms with van der Waals surface area (Å²) in [5, 5.41) is 0. The largest absolute Gasteiger partial charge is 0.492 e. The maximum atomic E-state index is 13.1. The molecule has 0 bridgehead atoms. The number of rotatable bonds is 9. The number of aromatic nitrogens is 2. The average molecular weight is 485 g/mol. The van der Waals surface area contributed by atoms with Crippen LogP contribution in [0.2, 0.25) is 0 Å². The van der Waals surface area contributed by atoms with Gasteiger partial charge in [0.25, 0.3) is 0 Å². The van der Waals surface area contributed by atoms with E-state index in [1.807, 2.05) is 78.9 Å². The van der Waals surface area contributed by atoms with Gasteiger partial charge >= 0.3 is 5.69 Å². The van der Waals surface area contributed by atoms with Gasteiger partial charge in [0.15, 0.2) is 0 Å². The van der Waals surface area contributed by atoms with Gasteiger partial charge < -0.3 is 14.4 Å². The minimum atomic E-state index is -0.133. The maximum Gasteiger partial charge on any atom is 0.337 e. The number of imidazole rings is 1. The second kappa shape index (κ2) is 11.3. The summed E-state index contributed by atoms with van der Waals surface area (Å²) in [5.41, 5.74) is 1.44. The van der Waals surface area contributed by atoms with Crippen LogP contribution in [-0.2, 0) is 0 Å². The van der Waals surface area contributed by atoms with E-state index in [0.717, 1.165) is 67.9 Å². The van der Waals surface area contributed by atoms with Crippen molar-refractivity contribution in [1.82, 2.24) is 18.9 Å². The summed E-state index contributed by atoms with van der Waals surface area (Å²) in [6.07, 6.45) is 3.56. The summed E-state index contributed by atoms with van der Waals surface area (Å²) in [5.74, 6) is 2.31. The molecular weight excluding hydrogens is 452 g/mol. The Hall–Kier alpha value is -3.81. The van der Waals surface area contributed by atoms with Gasteiger partial charge in [-0.2, -0.15) is 0 Å². The number of piperazine rings is 1. The van der Waals surface area contributed by atoms with Crippen molar-refractivity contribution in [3.63, 3.8) is 0 Å². The highest BCUT2D eigenvalue weighted by atomic mass is 16.5. The number of nitrogens with zero attached hydrogens (tertiary/aromatic N) is 4. The van der Waals surface area contributed by atoms with Crippen LogP contribution in [0.4, 0.5) is 0 Å². The van der Waals surface area contributed by atoms with E-state index in [1.54, 1.807) is 21.5 Å². The van der Waals surface area contributed by atoms with Crippen molar-refractivity contribution in [2.45, 2.75) is 6.92 Å². The van der Waals surface area contributed by atoms with E-state index in [4.69, 9.17) is 9.47 Å². The van der Waals surface area contributed by atoms with Gasteiger partial charge in [0, 0.05) is 45.1 Å². The van der Waals surface area contributed by atoms with Crippen LogP contribution < -0.4 is 15.2 Å². The van der Waals surface area contributed by atoms with Gasteiger partial charge in [0.05, 0.1) is 11.4 Å². The first-order chi connectivity index (χ1) is 17.7. The highest BCUT2D eigenvalue weighted by Gasteiger charge is 2.15. The molecule has 0 spiro atoms. The highest BCUT2D eigenvalue weighted by Crippen LogP contribution is 2.22. The van der Waals surface area contributed by atoms with Gasteiger partial charge in [-0.3, -0.25) is 14.0 Å². The number of hydrogen-bond acceptors (Lipinski definition) is 5. The van der Waals surface area contributed by atoms with Crippen LogP contribution in [0.5, 0.6) is 17.2 Å². The second-order valence-corrected chi connectivity index (χ2v) is 8.85. The molecule has 0 aliphatic carbocycles. The molecule has 1 aliphatic heterocycles. The summed E-state index contributed by atoms with van der Waals surface area (Å²) < 4.78 is 15.0. The predicted octanol–water partition coefficient (Wildman–Crippen LogP) is 4.44. The third-order valence-corrected chi connectivity index (χ3v) is 6.57. The molecule has 1 fully saturated rings. The van der Waals surface area contributed by atoms with Crippen LogP contribution in [0.1, 0.15) is 6.92 Å². The molecule has 1 aliphatic rings. The predicted molar refractivity (Wildman–Crippen MR) is 142 cm³/mol. The Morgan fingerprint density at radius 2 is 1.19 bits per heavy atom. The maximum absolute atomic E-state index is 13.1. The summed E-state index contributed by atoms with van der Waals surface area (Å²) in [6.45, 7) is 9.38. The smallest absolute Gasteiger partial charge is 0.337 e. The monoisotopic (exact) mass is 484 g/mol. The fourth-order valence-electron chi connectivity index (χ4n) is 4.39. The van der Waals surface area contributed by atoms with Crippen molar-refractivity contribution in [3.8, 4) is 28.6 Å². The zero-order valence-corrected chi connectivity index (χ0v) is 20.6. The van der Waals surface area contributed by atoms with E-state index in [9.17, 15) is 4.79 Å². The second-order valence-electron chi connectivity index (χ2n) is 8.85. The SMILES string of the molecule is CCN1CCN(CCOc2ccc(-n3ccn(-c4ccc(Oc5ccccc5)cc4)c3=O)cc2)CC1. The molecule has 5 rings (SSSR count). The summed E-state index contributed by atoms with van der Waals surface area (Å²) in [6, 6.07) is 24.8. The number of para-hydroxylation sites is 1. The van der Waals surface area contributed by atoms with E-state index < -0.39 is 0 Å². The molecule has 0 N–H and O–H groups in total. The fraction of sp³-hybridized carbons (Fsp3) is 0.276. The molecule has 1 aromatic heterocycles. The van der Waals surface area contributed by atoms with E-state index in [1.165, 1.54) is 0 Å². The summed E-state index contributed by atoms with van der Waals surface area (Å²) >= 11 is 0. The Morgan fingerprint density at radius 1 is 0.667 bits per heavy atom. The third-order valence-electron chi connectivity index (χ3n) is 6.57. The van der Waals surface area contributed by atoms with Crippen LogP contribution in [0.3, 0.4) is 0 Å². The van der Waals surface area contributed by atoms with E-state index in [-0.39, 0.29) is 5.69 Å². The lowest BCUT2D eigenvalue weighted by molar-refractivity contribution is 0.121. The molecular formula is C29H32N4O3. The van der Waals surface area contributed by atoms with Crippen LogP contribution in [0.15, 0.2) is 96.1 Å². The number of likely N-dealkylation sites (N-methyl/N-ethyl adjacent to an activating group) is 1. The molecule has 0 saturated carbocycles. The van der Waals surface area contributed by atoms with Crippen molar-refractivity contribution in [1.29, 1.82) is 0 Å². The van der Waals surface area contributed by atoms with E-state index in [0.29, 0.717) is 6.61 Å². The molecule has 0 unspecified atom stereocenters. The molecule has 7 heteroatoms. The number of benzene rings is 3. The number of ether oxygens (including phenoxy) is 2. The molecule has 7 nitrogen and oxygen atoms in total. The lowest BCUT2D eigenvalue weighted by atomic mass is 10.3. The Labute approximate surface area is 211 Å². The first kappa shape index (κ1) is 23.9. The zero-order chi connectivity index (χ0) is 24.7. The average Bonchev–Trinajstić information content (AvgIpc) is 3.31. The Morgan fingerprint density at radius 3 is 1.78 bits per heavy atom. The molecule has 0 atom stereocenters. The summed E-state index contributed by atoms with van der Waals surface area (Å²) in [7, 11) is 0. The van der Waals surface area contributed by atoms with Crippen molar-refractivity contribution in [3.05, 3.63) is 102 Å². The van der Waals surface area contributed by atoms with Crippen LogP contribution in [0.25, 0.3) is 11.4 Å². The standard InChI is InChI=1S/C29H32N4O3/c1-2-30-16-18-31(19-17-30)22-23-35-26-12-8-24(9-13-26)32-20-21-33(29(32)34)25-10-14-28(15-11-25)36-27-6-4-3-5-7-27/h3-15,20-21H,2,16-19,22-23H2,1H3. The van der Waals surface area contributed by atoms with Crippen molar-refractivity contribution in [2.24, 2.45) is 0 Å². The molecule has 3 aromatic carbocycles. The van der Waals surface area contributed by atoms with Crippen LogP contribution in [-0.4, -0.2) is 64.8 Å². The van der Waals surface area contributed by atoms with Crippen molar-refractivity contribution < 1.29 is 9.47 Å². The Kier molecular flexibility index (Phi) is 7.50. The topological polar surface area (TPSA) is 51.9 Å². The quantitative estimate of drug-likeness (QED) is 0.352. The molecule has 186 valence electrons. The highest BCUT2D eigenvalue weighted by molar-refractivity contribution is 5.41. The fourth-order valence-corrected chi connectivity index (χ4v) is 4.39. The van der Waals surface area contributed by atoms with Gasteiger partial charge in [-0.1, -0.05) is 25.1 Å². The first-order valence-corrected chi connectivity index (χ1v) is 12.5. The summed E-state index contributed by atoms with van der Waals surface area (Å²) in [4.78, 5) is 18.0. The van der Waals surface area contributed by atoms with E-state index >= 15 is 0 Å². The minimum Gasteiger partial charge on any atom is -0.492 e. The van der Waals surface area contributed by atoms with E-state index in [2.05, 4.69) is 16.7 Å². The van der Waals surface area contributed by atoms with Gasteiger partial charge in [0.1, 0.15) is 23.9 Å². The molecule has 0 radical (unpaired) electrons. The zero-order valence-electron chi connectivity index (χ0n) is 20.6. The minimum absolute atomic E-state index is 0.133. The van der Waals surface area contributed by atoms with Gasteiger partial charge in [-0.05, 0) is 67.2 Å².